The summed E-state index contributed by atoms with van der Waals surface area (Å²) in [4.78, 5) is 34.3. The van der Waals surface area contributed by atoms with Gasteiger partial charge in [0.1, 0.15) is 5.92 Å². The van der Waals surface area contributed by atoms with Crippen LogP contribution in [-0.4, -0.2) is 42.1 Å². The van der Waals surface area contributed by atoms with Gasteiger partial charge in [-0.15, -0.1) is 0 Å². The summed E-state index contributed by atoms with van der Waals surface area (Å²) in [5.74, 6) is -1.22. The fourth-order valence-corrected chi connectivity index (χ4v) is 4.62. The molecule has 2 aliphatic rings. The van der Waals surface area contributed by atoms with Gasteiger partial charge in [0.25, 0.3) is 5.91 Å². The van der Waals surface area contributed by atoms with E-state index in [9.17, 15) is 14.7 Å². The number of rotatable bonds is 6. The third-order valence-corrected chi connectivity index (χ3v) is 6.24. The number of para-hydroxylation sites is 1. The Morgan fingerprint density at radius 1 is 0.882 bits per heavy atom. The minimum Gasteiger partial charge on any atom is -0.502 e. The van der Waals surface area contributed by atoms with Crippen LogP contribution in [0.3, 0.4) is 0 Å². The summed E-state index contributed by atoms with van der Waals surface area (Å²) in [5, 5.41) is 12.0. The number of fused-ring (bicyclic) bond motifs is 1. The molecule has 3 aromatic carbocycles. The standard InChI is InChI=1S/C26H24N2O6/c1-32-19-13-17(14-20(33-2)23(19)29)22-21-24(34-28(22)18-11-7-4-8-12-18)26(31)27(25(21)30)15-16-9-5-3-6-10-16/h3-14,21-22,24,29H,15H2,1-2H3/t21-,22-,24+/m1/s1. The number of anilines is 1. The Hall–Kier alpha value is -4.04. The molecule has 0 unspecified atom stereocenters. The summed E-state index contributed by atoms with van der Waals surface area (Å²) in [5.41, 5.74) is 2.17. The van der Waals surface area contributed by atoms with E-state index < -0.39 is 18.1 Å². The third kappa shape index (κ3) is 3.52. The van der Waals surface area contributed by atoms with Crippen molar-refractivity contribution in [1.82, 2.24) is 4.90 Å². The number of nitrogens with zero attached hydrogens (tertiary/aromatic N) is 2. The van der Waals surface area contributed by atoms with E-state index >= 15 is 0 Å². The zero-order valence-electron chi connectivity index (χ0n) is 18.8. The molecule has 0 saturated carbocycles. The number of carbonyl (C=O) groups is 2. The third-order valence-electron chi connectivity index (χ3n) is 6.24. The number of phenols is 1. The molecular formula is C26H24N2O6. The second-order valence-electron chi connectivity index (χ2n) is 8.18. The molecule has 8 nitrogen and oxygen atoms in total. The molecule has 0 aliphatic carbocycles. The number of methoxy groups -OCH3 is 2. The van der Waals surface area contributed by atoms with Crippen molar-refractivity contribution >= 4 is 17.5 Å². The molecule has 2 heterocycles. The second-order valence-corrected chi connectivity index (χ2v) is 8.18. The van der Waals surface area contributed by atoms with Crippen LogP contribution in [0.25, 0.3) is 0 Å². The van der Waals surface area contributed by atoms with Crippen molar-refractivity contribution in [1.29, 1.82) is 0 Å². The topological polar surface area (TPSA) is 88.5 Å². The Labute approximate surface area is 196 Å². The van der Waals surface area contributed by atoms with Crippen LogP contribution in [0, 0.1) is 5.92 Å². The van der Waals surface area contributed by atoms with E-state index in [4.69, 9.17) is 14.3 Å². The van der Waals surface area contributed by atoms with Crippen LogP contribution in [0.15, 0.2) is 72.8 Å². The zero-order valence-corrected chi connectivity index (χ0v) is 18.8. The van der Waals surface area contributed by atoms with Gasteiger partial charge in [-0.1, -0.05) is 48.5 Å². The van der Waals surface area contributed by atoms with Gasteiger partial charge >= 0.3 is 0 Å². The summed E-state index contributed by atoms with van der Waals surface area (Å²) in [6.07, 6.45) is -0.966. The fourth-order valence-electron chi connectivity index (χ4n) is 4.62. The molecule has 8 heteroatoms. The highest BCUT2D eigenvalue weighted by Gasteiger charge is 2.60. The Kier molecular flexibility index (Phi) is 5.59. The van der Waals surface area contributed by atoms with Gasteiger partial charge in [-0.25, -0.2) is 5.06 Å². The van der Waals surface area contributed by atoms with Crippen molar-refractivity contribution in [3.63, 3.8) is 0 Å². The number of likely N-dealkylation sites (tertiary alicyclic amines) is 1. The van der Waals surface area contributed by atoms with Gasteiger partial charge in [0.15, 0.2) is 17.6 Å². The van der Waals surface area contributed by atoms with Crippen molar-refractivity contribution in [2.75, 3.05) is 19.3 Å². The smallest absolute Gasteiger partial charge is 0.262 e. The average Bonchev–Trinajstić information content (AvgIpc) is 3.37. The number of aromatic hydroxyl groups is 1. The van der Waals surface area contributed by atoms with Crippen LogP contribution in [0.1, 0.15) is 17.2 Å². The molecule has 0 bridgehead atoms. The van der Waals surface area contributed by atoms with E-state index in [-0.39, 0.29) is 35.6 Å². The number of phenolic OH excluding ortho intramolecular Hbond substituents is 1. The van der Waals surface area contributed by atoms with Crippen LogP contribution in [-0.2, 0) is 21.0 Å². The summed E-state index contributed by atoms with van der Waals surface area (Å²) in [6.45, 7) is 0.176. The lowest BCUT2D eigenvalue weighted by Gasteiger charge is -2.29. The Bertz CT molecular complexity index is 1190. The van der Waals surface area contributed by atoms with E-state index in [0.29, 0.717) is 11.3 Å². The number of amides is 2. The first-order valence-corrected chi connectivity index (χ1v) is 10.9. The Morgan fingerprint density at radius 2 is 1.47 bits per heavy atom. The van der Waals surface area contributed by atoms with Crippen LogP contribution >= 0.6 is 0 Å². The molecule has 2 fully saturated rings. The van der Waals surface area contributed by atoms with Crippen molar-refractivity contribution in [3.8, 4) is 17.2 Å². The lowest BCUT2D eigenvalue weighted by atomic mass is 9.90. The molecule has 2 saturated heterocycles. The maximum atomic E-state index is 13.6. The average molecular weight is 460 g/mol. The lowest BCUT2D eigenvalue weighted by molar-refractivity contribution is -0.143. The molecule has 34 heavy (non-hydrogen) atoms. The van der Waals surface area contributed by atoms with Crippen LogP contribution in [0.4, 0.5) is 5.69 Å². The Balaban J connectivity index is 1.58. The summed E-state index contributed by atoms with van der Waals surface area (Å²) in [6, 6.07) is 21.3. The van der Waals surface area contributed by atoms with E-state index in [2.05, 4.69) is 0 Å². The normalized spacial score (nSPS) is 21.6. The number of carbonyl (C=O) groups excluding carboxylic acids is 2. The number of hydrogen-bond donors (Lipinski definition) is 1. The van der Waals surface area contributed by atoms with Crippen molar-refractivity contribution in [3.05, 3.63) is 83.9 Å². The lowest BCUT2D eigenvalue weighted by Crippen LogP contribution is -2.37. The molecular weight excluding hydrogens is 436 g/mol. The predicted octanol–water partition coefficient (Wildman–Crippen LogP) is 3.46. The maximum absolute atomic E-state index is 13.6. The summed E-state index contributed by atoms with van der Waals surface area (Å²) < 4.78 is 10.7. The number of ether oxygens (including phenoxy) is 2. The van der Waals surface area contributed by atoms with Crippen molar-refractivity contribution in [2.24, 2.45) is 5.92 Å². The van der Waals surface area contributed by atoms with E-state index in [1.54, 1.807) is 17.2 Å². The van der Waals surface area contributed by atoms with Gasteiger partial charge in [-0.3, -0.25) is 19.3 Å². The van der Waals surface area contributed by atoms with Gasteiger partial charge in [0.05, 0.1) is 32.5 Å². The quantitative estimate of drug-likeness (QED) is 0.564. The molecule has 5 rings (SSSR count). The van der Waals surface area contributed by atoms with Gasteiger partial charge < -0.3 is 14.6 Å². The van der Waals surface area contributed by atoms with Crippen LogP contribution < -0.4 is 14.5 Å². The first-order valence-electron chi connectivity index (χ1n) is 10.9. The number of benzene rings is 3. The summed E-state index contributed by atoms with van der Waals surface area (Å²) >= 11 is 0. The van der Waals surface area contributed by atoms with E-state index in [1.807, 2.05) is 60.7 Å². The van der Waals surface area contributed by atoms with Crippen molar-refractivity contribution < 1.29 is 29.0 Å². The molecule has 174 valence electrons. The number of hydrogen-bond acceptors (Lipinski definition) is 7. The van der Waals surface area contributed by atoms with Crippen LogP contribution in [0.5, 0.6) is 17.2 Å². The first-order chi connectivity index (χ1) is 16.5. The van der Waals surface area contributed by atoms with Gasteiger partial charge in [-0.05, 0) is 35.4 Å². The molecule has 1 N–H and O–H groups in total. The molecule has 3 atom stereocenters. The van der Waals surface area contributed by atoms with Gasteiger partial charge in [-0.2, -0.15) is 0 Å². The number of imide groups is 1. The van der Waals surface area contributed by atoms with Gasteiger partial charge in [0, 0.05) is 0 Å². The highest BCUT2D eigenvalue weighted by atomic mass is 16.7. The molecule has 0 spiro atoms. The molecule has 2 aliphatic heterocycles. The largest absolute Gasteiger partial charge is 0.502 e. The van der Waals surface area contributed by atoms with Gasteiger partial charge in [0.2, 0.25) is 11.7 Å². The minimum absolute atomic E-state index is 0.144. The maximum Gasteiger partial charge on any atom is 0.262 e. The molecule has 2 amide bonds. The summed E-state index contributed by atoms with van der Waals surface area (Å²) in [7, 11) is 2.88. The highest BCUT2D eigenvalue weighted by Crippen LogP contribution is 2.49. The van der Waals surface area contributed by atoms with E-state index in [1.165, 1.54) is 19.1 Å². The highest BCUT2D eigenvalue weighted by molar-refractivity contribution is 6.07. The molecule has 3 aromatic rings. The van der Waals surface area contributed by atoms with E-state index in [0.717, 1.165) is 5.56 Å². The monoisotopic (exact) mass is 460 g/mol. The minimum atomic E-state index is -0.966. The molecule has 0 aromatic heterocycles. The number of hydroxylamine groups is 1. The van der Waals surface area contributed by atoms with Crippen molar-refractivity contribution in [2.45, 2.75) is 18.7 Å². The first kappa shape index (κ1) is 21.8. The Morgan fingerprint density at radius 3 is 2.06 bits per heavy atom. The SMILES string of the molecule is COc1cc([C@@H]2[C@H]3C(=O)N(Cc4ccccc4)C(=O)[C@H]3ON2c2ccccc2)cc(OC)c1O. The predicted molar refractivity (Wildman–Crippen MR) is 123 cm³/mol. The second kappa shape index (κ2) is 8.72. The zero-order chi connectivity index (χ0) is 23.8. The molecule has 0 radical (unpaired) electrons. The van der Waals surface area contributed by atoms with Crippen LogP contribution in [0.2, 0.25) is 0 Å². The fraction of sp³-hybridized carbons (Fsp3) is 0.231.